The van der Waals surface area contributed by atoms with Gasteiger partial charge in [0.05, 0.1) is 18.0 Å². The quantitative estimate of drug-likeness (QED) is 0.829. The molecule has 0 saturated carbocycles. The molecule has 0 saturated heterocycles. The van der Waals surface area contributed by atoms with Crippen LogP contribution >= 0.6 is 0 Å². The van der Waals surface area contributed by atoms with Crippen LogP contribution in [0.1, 0.15) is 23.7 Å². The van der Waals surface area contributed by atoms with Crippen molar-refractivity contribution in [3.05, 3.63) is 36.2 Å². The molecule has 0 radical (unpaired) electrons. The number of fused-ring (bicyclic) bond motifs is 1. The molecule has 1 aromatic carbocycles. The van der Waals surface area contributed by atoms with E-state index in [2.05, 4.69) is 15.9 Å². The number of rotatable bonds is 2. The SMILES string of the molecule is CCC(N)=O.O=C(O)c1ccc2cnncc2c1. The highest BCUT2D eigenvalue weighted by atomic mass is 16.4. The molecule has 0 spiro atoms. The Balaban J connectivity index is 0.000000280. The average molecular weight is 247 g/mol. The lowest BCUT2D eigenvalue weighted by Gasteiger charge is -1.96. The van der Waals surface area contributed by atoms with Gasteiger partial charge in [0, 0.05) is 17.2 Å². The third kappa shape index (κ3) is 3.82. The molecule has 0 aliphatic rings. The Morgan fingerprint density at radius 1 is 1.22 bits per heavy atom. The van der Waals surface area contributed by atoms with Crippen LogP contribution in [-0.2, 0) is 4.79 Å². The minimum absolute atomic E-state index is 0.245. The van der Waals surface area contributed by atoms with Crippen molar-refractivity contribution in [3.63, 3.8) is 0 Å². The Kier molecular flexibility index (Phi) is 4.74. The van der Waals surface area contributed by atoms with Gasteiger partial charge in [-0.05, 0) is 12.1 Å². The topological polar surface area (TPSA) is 106 Å². The average Bonchev–Trinajstić information content (AvgIpc) is 2.38. The van der Waals surface area contributed by atoms with Gasteiger partial charge in [-0.3, -0.25) is 4.79 Å². The molecule has 0 bridgehead atoms. The number of hydrogen-bond acceptors (Lipinski definition) is 4. The smallest absolute Gasteiger partial charge is 0.335 e. The summed E-state index contributed by atoms with van der Waals surface area (Å²) in [5.41, 5.74) is 4.92. The summed E-state index contributed by atoms with van der Waals surface area (Å²) < 4.78 is 0. The Bertz CT molecular complexity index is 569. The first kappa shape index (κ1) is 13.6. The molecule has 94 valence electrons. The number of carbonyl (C=O) groups excluding carboxylic acids is 1. The molecule has 2 aromatic rings. The van der Waals surface area contributed by atoms with Crippen LogP contribution in [0.3, 0.4) is 0 Å². The second-order valence-electron chi connectivity index (χ2n) is 3.46. The molecule has 6 nitrogen and oxygen atoms in total. The molecule has 1 heterocycles. The molecular weight excluding hydrogens is 234 g/mol. The zero-order valence-electron chi connectivity index (χ0n) is 9.83. The zero-order chi connectivity index (χ0) is 13.5. The maximum absolute atomic E-state index is 10.6. The number of benzene rings is 1. The number of carboxylic acids is 1. The number of nitrogens with zero attached hydrogens (tertiary/aromatic N) is 2. The van der Waals surface area contributed by atoms with Gasteiger partial charge in [-0.2, -0.15) is 10.2 Å². The summed E-state index contributed by atoms with van der Waals surface area (Å²) in [4.78, 5) is 20.2. The molecule has 0 unspecified atom stereocenters. The number of amides is 1. The van der Waals surface area contributed by atoms with Crippen molar-refractivity contribution < 1.29 is 14.7 Å². The van der Waals surface area contributed by atoms with Gasteiger partial charge < -0.3 is 10.8 Å². The van der Waals surface area contributed by atoms with Crippen molar-refractivity contribution in [3.8, 4) is 0 Å². The minimum atomic E-state index is -0.932. The van der Waals surface area contributed by atoms with Gasteiger partial charge in [0.25, 0.3) is 0 Å². The summed E-state index contributed by atoms with van der Waals surface area (Å²) in [6.07, 6.45) is 3.59. The second-order valence-corrected chi connectivity index (χ2v) is 3.46. The van der Waals surface area contributed by atoms with Crippen LogP contribution in [0, 0.1) is 0 Å². The van der Waals surface area contributed by atoms with Crippen LogP contribution in [0.5, 0.6) is 0 Å². The van der Waals surface area contributed by atoms with E-state index in [0.717, 1.165) is 10.8 Å². The predicted molar refractivity (Wildman–Crippen MR) is 66.0 cm³/mol. The molecule has 0 atom stereocenters. The van der Waals surface area contributed by atoms with Gasteiger partial charge in [-0.1, -0.05) is 13.0 Å². The van der Waals surface area contributed by atoms with Crippen molar-refractivity contribution in [2.75, 3.05) is 0 Å². The van der Waals surface area contributed by atoms with Gasteiger partial charge in [-0.25, -0.2) is 4.79 Å². The summed E-state index contributed by atoms with van der Waals surface area (Å²) in [5, 5.41) is 17.7. The highest BCUT2D eigenvalue weighted by Crippen LogP contribution is 2.13. The highest BCUT2D eigenvalue weighted by Gasteiger charge is 2.02. The van der Waals surface area contributed by atoms with Crippen molar-refractivity contribution in [2.45, 2.75) is 13.3 Å². The van der Waals surface area contributed by atoms with E-state index in [0.29, 0.717) is 6.42 Å². The maximum Gasteiger partial charge on any atom is 0.335 e. The van der Waals surface area contributed by atoms with Crippen molar-refractivity contribution in [1.82, 2.24) is 10.2 Å². The first-order chi connectivity index (χ1) is 8.54. The zero-order valence-corrected chi connectivity index (χ0v) is 9.83. The summed E-state index contributed by atoms with van der Waals surface area (Å²) >= 11 is 0. The molecule has 0 fully saturated rings. The number of aromatic nitrogens is 2. The van der Waals surface area contributed by atoms with Crippen LogP contribution in [0.2, 0.25) is 0 Å². The van der Waals surface area contributed by atoms with Crippen LogP contribution in [-0.4, -0.2) is 27.2 Å². The van der Waals surface area contributed by atoms with E-state index >= 15 is 0 Å². The second kappa shape index (κ2) is 6.29. The Hall–Kier alpha value is -2.50. The van der Waals surface area contributed by atoms with E-state index < -0.39 is 5.97 Å². The van der Waals surface area contributed by atoms with Crippen LogP contribution in [0.15, 0.2) is 30.6 Å². The van der Waals surface area contributed by atoms with Crippen molar-refractivity contribution >= 4 is 22.6 Å². The molecule has 0 aliphatic heterocycles. The van der Waals surface area contributed by atoms with Gasteiger partial charge >= 0.3 is 5.97 Å². The number of carbonyl (C=O) groups is 2. The van der Waals surface area contributed by atoms with Crippen molar-refractivity contribution in [2.24, 2.45) is 5.73 Å². The molecule has 6 heteroatoms. The normalized spacial score (nSPS) is 9.39. The van der Waals surface area contributed by atoms with Gasteiger partial charge in [0.2, 0.25) is 5.91 Å². The van der Waals surface area contributed by atoms with E-state index in [1.807, 2.05) is 0 Å². The van der Waals surface area contributed by atoms with E-state index in [9.17, 15) is 9.59 Å². The first-order valence-electron chi connectivity index (χ1n) is 5.26. The minimum Gasteiger partial charge on any atom is -0.478 e. The number of hydrogen-bond donors (Lipinski definition) is 2. The molecular formula is C12H13N3O3. The monoisotopic (exact) mass is 247 g/mol. The van der Waals surface area contributed by atoms with Crippen LogP contribution in [0.25, 0.3) is 10.8 Å². The fraction of sp³-hybridized carbons (Fsp3) is 0.167. The Morgan fingerprint density at radius 3 is 2.28 bits per heavy atom. The van der Waals surface area contributed by atoms with Crippen LogP contribution < -0.4 is 5.73 Å². The Morgan fingerprint density at radius 2 is 1.78 bits per heavy atom. The third-order valence-corrected chi connectivity index (χ3v) is 2.14. The lowest BCUT2D eigenvalue weighted by molar-refractivity contribution is -0.117. The summed E-state index contributed by atoms with van der Waals surface area (Å²) in [6, 6.07) is 4.84. The number of nitrogens with two attached hydrogens (primary N) is 1. The number of carboxylic acid groups (broad SMARTS) is 1. The molecule has 0 aliphatic carbocycles. The third-order valence-electron chi connectivity index (χ3n) is 2.14. The Labute approximate surface area is 103 Å². The van der Waals surface area contributed by atoms with E-state index in [1.54, 1.807) is 37.5 Å². The lowest BCUT2D eigenvalue weighted by atomic mass is 10.1. The van der Waals surface area contributed by atoms with Crippen LogP contribution in [0.4, 0.5) is 0 Å². The van der Waals surface area contributed by atoms with Gasteiger partial charge in [0.1, 0.15) is 0 Å². The largest absolute Gasteiger partial charge is 0.478 e. The fourth-order valence-electron chi connectivity index (χ4n) is 1.13. The van der Waals surface area contributed by atoms with Gasteiger partial charge in [0.15, 0.2) is 0 Å². The standard InChI is InChI=1S/C9H6N2O2.C3H7NO/c12-9(13)6-1-2-7-4-10-11-5-8(7)3-6;1-2-3(4)5/h1-5H,(H,12,13);2H2,1H3,(H2,4,5). The summed E-state index contributed by atoms with van der Waals surface area (Å²) in [6.45, 7) is 1.72. The molecule has 2 rings (SSSR count). The van der Waals surface area contributed by atoms with E-state index in [1.165, 1.54) is 0 Å². The van der Waals surface area contributed by atoms with E-state index in [-0.39, 0.29) is 11.5 Å². The molecule has 3 N–H and O–H groups in total. The molecule has 1 amide bonds. The summed E-state index contributed by atoms with van der Waals surface area (Å²) in [7, 11) is 0. The maximum atomic E-state index is 10.6. The predicted octanol–water partition coefficient (Wildman–Crippen LogP) is 1.21. The van der Waals surface area contributed by atoms with E-state index in [4.69, 9.17) is 5.11 Å². The lowest BCUT2D eigenvalue weighted by Crippen LogP contribution is -2.06. The van der Waals surface area contributed by atoms with Gasteiger partial charge in [-0.15, -0.1) is 0 Å². The number of aromatic carboxylic acids is 1. The number of primary amides is 1. The first-order valence-corrected chi connectivity index (χ1v) is 5.26. The van der Waals surface area contributed by atoms with Crippen molar-refractivity contribution in [1.29, 1.82) is 0 Å². The molecule has 1 aromatic heterocycles. The molecule has 18 heavy (non-hydrogen) atoms. The highest BCUT2D eigenvalue weighted by molar-refractivity contribution is 5.93. The fourth-order valence-corrected chi connectivity index (χ4v) is 1.13. The summed E-state index contributed by atoms with van der Waals surface area (Å²) in [5.74, 6) is -1.18.